The lowest BCUT2D eigenvalue weighted by atomic mass is 9.54. The summed E-state index contributed by atoms with van der Waals surface area (Å²) in [6, 6.07) is 0. The second-order valence-electron chi connectivity index (χ2n) is 13.1. The number of rotatable bonds is 6. The van der Waals surface area contributed by atoms with Crippen LogP contribution in [-0.4, -0.2) is 47.3 Å². The van der Waals surface area contributed by atoms with E-state index in [9.17, 15) is 19.2 Å². The maximum atomic E-state index is 11.8. The van der Waals surface area contributed by atoms with Crippen molar-refractivity contribution in [1.82, 2.24) is 0 Å². The Morgan fingerprint density at radius 1 is 0.778 bits per heavy atom. The van der Waals surface area contributed by atoms with Gasteiger partial charge in [-0.25, -0.2) is 0 Å². The lowest BCUT2D eigenvalue weighted by molar-refractivity contribution is -0.171. The van der Waals surface area contributed by atoms with Crippen LogP contribution < -0.4 is 0 Å². The lowest BCUT2D eigenvalue weighted by Gasteiger charge is -2.50. The second-order valence-corrected chi connectivity index (χ2v) is 13.1. The van der Waals surface area contributed by atoms with E-state index < -0.39 is 17.2 Å². The number of hydrogen-bond acceptors (Lipinski definition) is 7. The molecule has 0 heterocycles. The van der Waals surface area contributed by atoms with Crippen molar-refractivity contribution in [1.29, 1.82) is 0 Å². The van der Waals surface area contributed by atoms with Gasteiger partial charge in [0, 0.05) is 14.3 Å². The monoisotopic (exact) mass is 517 g/mol. The van der Waals surface area contributed by atoms with Gasteiger partial charge in [-0.3, -0.25) is 19.2 Å². The van der Waals surface area contributed by atoms with Crippen LogP contribution in [0, 0.1) is 34.5 Å². The predicted octanol–water partition coefficient (Wildman–Crippen LogP) is 5.90. The third-order valence-electron chi connectivity index (χ3n) is 7.39. The van der Waals surface area contributed by atoms with Crippen molar-refractivity contribution >= 4 is 23.9 Å². The quantitative estimate of drug-likeness (QED) is 0.342. The number of ether oxygens (including phenoxy) is 3. The number of carboxylic acid groups (broad SMARTS) is 1. The average Bonchev–Trinajstić information content (AvgIpc) is 2.64. The number of methoxy groups -OCH3 is 1. The zero-order chi connectivity index (χ0) is 27.6. The highest BCUT2D eigenvalue weighted by molar-refractivity contribution is 5.76. The summed E-state index contributed by atoms with van der Waals surface area (Å²) < 4.78 is 15.3. The van der Waals surface area contributed by atoms with Crippen molar-refractivity contribution in [3.63, 3.8) is 0 Å². The molecule has 8 heteroatoms. The molecule has 0 aliphatic heterocycles. The normalized spacial score (nSPS) is 25.9. The Labute approximate surface area is 219 Å². The Morgan fingerprint density at radius 2 is 1.11 bits per heavy atom. The molecular weight excluding hydrogens is 464 g/mol. The van der Waals surface area contributed by atoms with Crippen LogP contribution in [0.5, 0.6) is 0 Å². The third kappa shape index (κ3) is 9.07. The molecule has 2 rings (SSSR count). The van der Waals surface area contributed by atoms with E-state index in [1.54, 1.807) is 0 Å². The number of carbonyl (C=O) groups is 4. The first kappa shape index (κ1) is 33.9. The first-order valence-electron chi connectivity index (χ1n) is 12.4. The van der Waals surface area contributed by atoms with Gasteiger partial charge in [0.2, 0.25) is 0 Å². The fourth-order valence-corrected chi connectivity index (χ4v) is 4.85. The summed E-state index contributed by atoms with van der Waals surface area (Å²) in [5.74, 6) is -1.51. The largest absolute Gasteiger partial charge is 0.481 e. The fourth-order valence-electron chi connectivity index (χ4n) is 4.85. The molecule has 2 aliphatic carbocycles. The molecule has 1 N–H and O–H groups in total. The summed E-state index contributed by atoms with van der Waals surface area (Å²) in [5, 5.41) is 8.99. The van der Waals surface area contributed by atoms with Crippen LogP contribution in [0.2, 0.25) is 0 Å². The van der Waals surface area contributed by atoms with Gasteiger partial charge in [0.1, 0.15) is 11.2 Å². The molecule has 0 amide bonds. The highest BCUT2D eigenvalue weighted by Gasteiger charge is 2.53. The molecule has 8 nitrogen and oxygen atoms in total. The minimum atomic E-state index is -0.768. The van der Waals surface area contributed by atoms with Gasteiger partial charge in [-0.1, -0.05) is 35.1 Å². The van der Waals surface area contributed by atoms with Crippen molar-refractivity contribution in [2.45, 2.75) is 114 Å². The van der Waals surface area contributed by atoms with Gasteiger partial charge in [0.15, 0.2) is 0 Å². The van der Waals surface area contributed by atoms with Gasteiger partial charge in [-0.2, -0.15) is 0 Å². The molecule has 4 atom stereocenters. The summed E-state index contributed by atoms with van der Waals surface area (Å²) in [7, 11) is 1.40. The molecule has 0 spiro atoms. The van der Waals surface area contributed by atoms with Crippen molar-refractivity contribution in [2.24, 2.45) is 34.5 Å². The molecule has 0 saturated heterocycles. The standard InChI is InChI=1S/C14H24O4.C13H22O4.CH4.H2/c1-13(2,3)18-11(15)8-9-7-10(12(16)17-6)14(9,4)5;1-12(2,3)17-10(14)7-8-6-9(11(15)16)13(8,4)5;;/h9-10H,7-8H2,1-6H3;8-9H,6-7H2,1-5H3,(H,15,16);1H4;1H/t9-,10+;8-,9+;;/m11../s1/i;;;1+1. The van der Waals surface area contributed by atoms with Gasteiger partial charge in [0.25, 0.3) is 0 Å². The van der Waals surface area contributed by atoms with Crippen LogP contribution >= 0.6 is 0 Å². The number of hydrogen-bond donors (Lipinski definition) is 1. The van der Waals surface area contributed by atoms with Crippen LogP contribution in [0.3, 0.4) is 0 Å². The molecule has 0 radical (unpaired) electrons. The molecule has 36 heavy (non-hydrogen) atoms. The zero-order valence-corrected chi connectivity index (χ0v) is 23.4. The Kier molecular flexibility index (Phi) is 11.2. The van der Waals surface area contributed by atoms with Gasteiger partial charge >= 0.3 is 23.9 Å². The molecule has 2 saturated carbocycles. The average molecular weight is 518 g/mol. The Balaban J connectivity index is 0. The lowest BCUT2D eigenvalue weighted by Crippen LogP contribution is -2.50. The molecule has 0 unspecified atom stereocenters. The molecule has 0 aromatic carbocycles. The predicted molar refractivity (Wildman–Crippen MR) is 140 cm³/mol. The van der Waals surface area contributed by atoms with Crippen LogP contribution in [-0.2, 0) is 33.4 Å². The summed E-state index contributed by atoms with van der Waals surface area (Å²) >= 11 is 0. The smallest absolute Gasteiger partial charge is 0.309 e. The summed E-state index contributed by atoms with van der Waals surface area (Å²) in [6.45, 7) is 18.9. The number of carboxylic acids is 1. The third-order valence-corrected chi connectivity index (χ3v) is 7.39. The van der Waals surface area contributed by atoms with E-state index in [-0.39, 0.29) is 61.3 Å². The summed E-state index contributed by atoms with van der Waals surface area (Å²) in [6.07, 6.45) is 1.96. The van der Waals surface area contributed by atoms with E-state index >= 15 is 0 Å². The first-order valence-corrected chi connectivity index (χ1v) is 12.4. The molecular formula is C28H52O8. The summed E-state index contributed by atoms with van der Waals surface area (Å²) in [5.41, 5.74) is -1.43. The van der Waals surface area contributed by atoms with E-state index in [1.165, 1.54) is 7.11 Å². The fraction of sp³-hybridized carbons (Fsp3) is 0.857. The SMILES string of the molecule is C.CC(C)(C)OC(=O)C[C@H]1C[C@@H](C(=O)O)C1(C)C.COC(=O)[C@@H]1C[C@H](CC(=O)OC(C)(C)C)C1(C)C.[2HH]. The Bertz CT molecular complexity index is 804. The maximum Gasteiger partial charge on any atom is 0.309 e. The number of esters is 3. The van der Waals surface area contributed by atoms with Gasteiger partial charge in [-0.05, 0) is 77.0 Å². The van der Waals surface area contributed by atoms with E-state index in [4.69, 9.17) is 19.3 Å². The minimum absolute atomic E-state index is 0. The second kappa shape index (κ2) is 12.0. The number of carbonyl (C=O) groups excluding carboxylic acids is 3. The first-order chi connectivity index (χ1) is 15.6. The molecule has 0 aromatic heterocycles. The van der Waals surface area contributed by atoms with Crippen LogP contribution in [0.1, 0.15) is 104 Å². The molecule has 2 aliphatic rings. The van der Waals surface area contributed by atoms with Crippen LogP contribution in [0.25, 0.3) is 0 Å². The van der Waals surface area contributed by atoms with E-state index in [0.29, 0.717) is 25.7 Å². The van der Waals surface area contributed by atoms with Crippen LogP contribution in [0.15, 0.2) is 0 Å². The van der Waals surface area contributed by atoms with Crippen molar-refractivity contribution < 1.29 is 39.9 Å². The highest BCUT2D eigenvalue weighted by atomic mass is 16.6. The Morgan fingerprint density at radius 3 is 1.36 bits per heavy atom. The van der Waals surface area contributed by atoms with Gasteiger partial charge in [-0.15, -0.1) is 0 Å². The summed E-state index contributed by atoms with van der Waals surface area (Å²) in [4.78, 5) is 45.9. The van der Waals surface area contributed by atoms with E-state index in [0.717, 1.165) is 0 Å². The molecule has 212 valence electrons. The maximum absolute atomic E-state index is 11.8. The molecule has 0 aromatic rings. The van der Waals surface area contributed by atoms with Gasteiger partial charge in [0.05, 0.1) is 18.9 Å². The van der Waals surface area contributed by atoms with Crippen molar-refractivity contribution in [2.75, 3.05) is 7.11 Å². The number of aliphatic carboxylic acids is 1. The molecule has 0 bridgehead atoms. The van der Waals surface area contributed by atoms with Gasteiger partial charge < -0.3 is 19.3 Å². The topological polar surface area (TPSA) is 116 Å². The van der Waals surface area contributed by atoms with Crippen LogP contribution in [0.4, 0.5) is 0 Å². The van der Waals surface area contributed by atoms with E-state index in [2.05, 4.69) is 0 Å². The van der Waals surface area contributed by atoms with E-state index in [1.807, 2.05) is 69.2 Å². The van der Waals surface area contributed by atoms with Crippen molar-refractivity contribution in [3.05, 3.63) is 0 Å². The zero-order valence-electron chi connectivity index (χ0n) is 23.4. The Hall–Kier alpha value is -2.12. The minimum Gasteiger partial charge on any atom is -0.481 e. The van der Waals surface area contributed by atoms with Crippen molar-refractivity contribution in [3.8, 4) is 0 Å². The highest BCUT2D eigenvalue weighted by Crippen LogP contribution is 2.54. The molecule has 2 fully saturated rings.